The molecule has 1 atom stereocenters. The normalized spacial score (nSPS) is 11.7. The largest absolute Gasteiger partial charge is 0.493 e. The van der Waals surface area contributed by atoms with Crippen molar-refractivity contribution < 1.29 is 19.4 Å². The molecule has 1 N–H and O–H groups in total. The van der Waals surface area contributed by atoms with E-state index in [0.29, 0.717) is 23.7 Å². The maximum absolute atomic E-state index is 11.5. The molecule has 0 radical (unpaired) electrons. The van der Waals surface area contributed by atoms with Gasteiger partial charge < -0.3 is 14.6 Å². The van der Waals surface area contributed by atoms with E-state index in [-0.39, 0.29) is 0 Å². The van der Waals surface area contributed by atoms with Crippen LogP contribution in [0.2, 0.25) is 0 Å². The topological polar surface area (TPSA) is 55.8 Å². The molecule has 0 aliphatic carbocycles. The van der Waals surface area contributed by atoms with Crippen LogP contribution in [0.25, 0.3) is 0 Å². The molecule has 3 aromatic rings. The summed E-state index contributed by atoms with van der Waals surface area (Å²) < 4.78 is 11.1. The maximum atomic E-state index is 11.5. The van der Waals surface area contributed by atoms with E-state index in [1.807, 2.05) is 66.0 Å². The molecule has 1 aromatic heterocycles. The Morgan fingerprint density at radius 3 is 2.36 bits per heavy atom. The van der Waals surface area contributed by atoms with E-state index in [1.165, 1.54) is 11.3 Å². The average Bonchev–Trinajstić information content (AvgIpc) is 3.15. The number of para-hydroxylation sites is 2. The number of ether oxygens (including phenoxy) is 2. The van der Waals surface area contributed by atoms with Crippen LogP contribution in [0.1, 0.15) is 16.4 Å². The first-order valence-corrected chi connectivity index (χ1v) is 8.71. The van der Waals surface area contributed by atoms with Crippen molar-refractivity contribution >= 4 is 17.3 Å². The molecule has 0 saturated carbocycles. The van der Waals surface area contributed by atoms with E-state index >= 15 is 0 Å². The fraction of sp³-hybridized carbons (Fsp3) is 0.150. The zero-order valence-electron chi connectivity index (χ0n) is 13.7. The van der Waals surface area contributed by atoms with E-state index in [0.717, 1.165) is 10.4 Å². The van der Waals surface area contributed by atoms with Gasteiger partial charge in [0.1, 0.15) is 5.75 Å². The summed E-state index contributed by atoms with van der Waals surface area (Å²) in [6.45, 7) is 0. The highest BCUT2D eigenvalue weighted by Crippen LogP contribution is 2.31. The number of rotatable bonds is 7. The molecular weight excluding hydrogens is 336 g/mol. The van der Waals surface area contributed by atoms with Crippen LogP contribution in [-0.4, -0.2) is 18.2 Å². The second kappa shape index (κ2) is 7.85. The van der Waals surface area contributed by atoms with Crippen molar-refractivity contribution in [3.05, 3.63) is 76.5 Å². The van der Waals surface area contributed by atoms with Crippen LogP contribution in [0.3, 0.4) is 0 Å². The lowest BCUT2D eigenvalue weighted by atomic mass is 9.98. The zero-order valence-corrected chi connectivity index (χ0v) is 14.5. The van der Waals surface area contributed by atoms with E-state index in [9.17, 15) is 9.90 Å². The van der Waals surface area contributed by atoms with Gasteiger partial charge in [-0.15, -0.1) is 11.3 Å². The molecule has 25 heavy (non-hydrogen) atoms. The van der Waals surface area contributed by atoms with Gasteiger partial charge in [-0.05, 0) is 47.7 Å². The molecule has 0 bridgehead atoms. The van der Waals surface area contributed by atoms with Crippen molar-refractivity contribution in [2.75, 3.05) is 7.11 Å². The van der Waals surface area contributed by atoms with Crippen LogP contribution in [0.15, 0.2) is 66.0 Å². The van der Waals surface area contributed by atoms with Gasteiger partial charge in [0.25, 0.3) is 0 Å². The summed E-state index contributed by atoms with van der Waals surface area (Å²) >= 11 is 1.47. The molecule has 0 amide bonds. The lowest BCUT2D eigenvalue weighted by Crippen LogP contribution is -2.13. The Labute approximate surface area is 150 Å². The summed E-state index contributed by atoms with van der Waals surface area (Å²) in [7, 11) is 1.60. The van der Waals surface area contributed by atoms with Crippen molar-refractivity contribution in [2.45, 2.75) is 12.3 Å². The number of hydrogen-bond acceptors (Lipinski definition) is 4. The van der Waals surface area contributed by atoms with Crippen LogP contribution in [-0.2, 0) is 11.2 Å². The summed E-state index contributed by atoms with van der Waals surface area (Å²) in [5.74, 6) is 0.643. The first-order valence-electron chi connectivity index (χ1n) is 7.83. The third-order valence-electron chi connectivity index (χ3n) is 3.84. The van der Waals surface area contributed by atoms with Crippen molar-refractivity contribution in [3.63, 3.8) is 0 Å². The summed E-state index contributed by atoms with van der Waals surface area (Å²) in [5.41, 5.74) is 0.952. The highest BCUT2D eigenvalue weighted by molar-refractivity contribution is 7.10. The van der Waals surface area contributed by atoms with Gasteiger partial charge in [-0.2, -0.15) is 0 Å². The first-order chi connectivity index (χ1) is 12.2. The highest BCUT2D eigenvalue weighted by atomic mass is 32.1. The molecule has 0 fully saturated rings. The summed E-state index contributed by atoms with van der Waals surface area (Å²) in [5, 5.41) is 11.4. The predicted octanol–water partition coefficient (Wildman–Crippen LogP) is 4.96. The lowest BCUT2D eigenvalue weighted by Gasteiger charge is -2.12. The zero-order chi connectivity index (χ0) is 17.6. The van der Waals surface area contributed by atoms with Crippen molar-refractivity contribution in [1.82, 2.24) is 0 Å². The van der Waals surface area contributed by atoms with Crippen LogP contribution >= 0.6 is 11.3 Å². The minimum absolute atomic E-state index is 0.449. The molecule has 3 rings (SSSR count). The van der Waals surface area contributed by atoms with Gasteiger partial charge in [0.2, 0.25) is 0 Å². The van der Waals surface area contributed by atoms with E-state index in [4.69, 9.17) is 9.47 Å². The van der Waals surface area contributed by atoms with E-state index in [2.05, 4.69) is 0 Å². The van der Waals surface area contributed by atoms with Gasteiger partial charge >= 0.3 is 5.97 Å². The quantitative estimate of drug-likeness (QED) is 0.651. The Hall–Kier alpha value is -2.79. The minimum atomic E-state index is -0.809. The van der Waals surface area contributed by atoms with Gasteiger partial charge in [0, 0.05) is 4.88 Å². The molecule has 4 nitrogen and oxygen atoms in total. The monoisotopic (exact) mass is 354 g/mol. The fourth-order valence-electron chi connectivity index (χ4n) is 2.56. The molecular formula is C20H18O4S. The van der Waals surface area contributed by atoms with Gasteiger partial charge in [0.05, 0.1) is 13.0 Å². The smallest absolute Gasteiger partial charge is 0.312 e. The van der Waals surface area contributed by atoms with E-state index in [1.54, 1.807) is 7.11 Å². The van der Waals surface area contributed by atoms with Gasteiger partial charge in [-0.3, -0.25) is 4.79 Å². The second-order valence-electron chi connectivity index (χ2n) is 5.51. The van der Waals surface area contributed by atoms with E-state index < -0.39 is 11.9 Å². The second-order valence-corrected chi connectivity index (χ2v) is 6.49. The Morgan fingerprint density at radius 1 is 1.04 bits per heavy atom. The Morgan fingerprint density at radius 2 is 1.76 bits per heavy atom. The molecule has 0 spiro atoms. The third-order valence-corrected chi connectivity index (χ3v) is 4.83. The number of hydrogen-bond donors (Lipinski definition) is 1. The molecule has 0 saturated heterocycles. The molecule has 1 heterocycles. The molecule has 0 aliphatic heterocycles. The summed E-state index contributed by atoms with van der Waals surface area (Å²) in [6, 6.07) is 18.7. The van der Waals surface area contributed by atoms with Gasteiger partial charge in [0.15, 0.2) is 11.5 Å². The molecule has 1 unspecified atom stereocenters. The molecule has 2 aromatic carbocycles. The third kappa shape index (κ3) is 4.19. The number of carboxylic acid groups (broad SMARTS) is 1. The molecule has 128 valence electrons. The lowest BCUT2D eigenvalue weighted by molar-refractivity contribution is -0.138. The highest BCUT2D eigenvalue weighted by Gasteiger charge is 2.21. The molecule has 5 heteroatoms. The Balaban J connectivity index is 1.72. The summed E-state index contributed by atoms with van der Waals surface area (Å²) in [4.78, 5) is 12.4. The number of carbonyl (C=O) groups is 1. The minimum Gasteiger partial charge on any atom is -0.493 e. The Kier molecular flexibility index (Phi) is 5.36. The number of benzene rings is 2. The number of carboxylic acids is 1. The number of aliphatic carboxylic acids is 1. The average molecular weight is 354 g/mol. The van der Waals surface area contributed by atoms with Crippen molar-refractivity contribution in [1.29, 1.82) is 0 Å². The maximum Gasteiger partial charge on any atom is 0.312 e. The summed E-state index contributed by atoms with van der Waals surface area (Å²) in [6.07, 6.45) is 0.449. The van der Waals surface area contributed by atoms with Gasteiger partial charge in [-0.25, -0.2) is 0 Å². The first kappa shape index (κ1) is 17.0. The van der Waals surface area contributed by atoms with Gasteiger partial charge in [-0.1, -0.05) is 30.3 Å². The Bertz CT molecular complexity index is 825. The molecule has 0 aliphatic rings. The van der Waals surface area contributed by atoms with Crippen LogP contribution in [0, 0.1) is 0 Å². The fourth-order valence-corrected chi connectivity index (χ4v) is 3.38. The predicted molar refractivity (Wildman–Crippen MR) is 97.9 cm³/mol. The van der Waals surface area contributed by atoms with Crippen molar-refractivity contribution in [2.24, 2.45) is 0 Å². The van der Waals surface area contributed by atoms with Crippen LogP contribution in [0.5, 0.6) is 17.2 Å². The van der Waals surface area contributed by atoms with Crippen LogP contribution < -0.4 is 9.47 Å². The number of thiophene rings is 1. The van der Waals surface area contributed by atoms with Crippen molar-refractivity contribution in [3.8, 4) is 17.2 Å². The number of methoxy groups -OCH3 is 1. The SMILES string of the molecule is COc1ccccc1Oc1ccc(CC(C(=O)O)c2cccs2)cc1. The standard InChI is InChI=1S/C20H18O4S/c1-23-17-5-2-3-6-18(17)24-15-10-8-14(9-11-15)13-16(20(21)22)19-7-4-12-25-19/h2-12,16H,13H2,1H3,(H,21,22). The van der Waals surface area contributed by atoms with Crippen LogP contribution in [0.4, 0.5) is 0 Å².